The molecule has 0 aliphatic heterocycles. The molecule has 0 aromatic heterocycles. The zero-order valence-corrected chi connectivity index (χ0v) is 27.6. The molecular weight excluding hydrogens is 601 g/mol. The Balaban J connectivity index is 1.03. The Kier molecular flexibility index (Phi) is 7.61. The van der Waals surface area contributed by atoms with E-state index in [1.54, 1.807) is 0 Å². The third-order valence-corrected chi connectivity index (χ3v) is 9.87. The lowest BCUT2D eigenvalue weighted by atomic mass is 9.85. The van der Waals surface area contributed by atoms with Crippen molar-refractivity contribution in [1.82, 2.24) is 0 Å². The molecule has 0 N–H and O–H groups in total. The number of hydrogen-bond acceptors (Lipinski definition) is 0. The highest BCUT2D eigenvalue weighted by atomic mass is 14.2. The maximum atomic E-state index is 2.27. The minimum atomic E-state index is 1.18. The van der Waals surface area contributed by atoms with Crippen LogP contribution in [0, 0.1) is 0 Å². The molecule has 234 valence electrons. The van der Waals surface area contributed by atoms with E-state index in [-0.39, 0.29) is 0 Å². The highest BCUT2D eigenvalue weighted by Crippen LogP contribution is 2.44. The minimum absolute atomic E-state index is 1.18. The van der Waals surface area contributed by atoms with Gasteiger partial charge >= 0.3 is 0 Å². The molecule has 9 rings (SSSR count). The Labute approximate surface area is 293 Å². The molecule has 50 heavy (non-hydrogen) atoms. The van der Waals surface area contributed by atoms with E-state index >= 15 is 0 Å². The van der Waals surface area contributed by atoms with Crippen LogP contribution in [0.15, 0.2) is 194 Å². The summed E-state index contributed by atoms with van der Waals surface area (Å²) >= 11 is 0. The number of hydrogen-bond donors (Lipinski definition) is 0. The first-order valence-corrected chi connectivity index (χ1v) is 17.3. The molecule has 0 nitrogen and oxygen atoms in total. The smallest absolute Gasteiger partial charge is 0.00264 e. The quantitative estimate of drug-likeness (QED) is 0.126. The molecule has 0 unspecified atom stereocenters. The second kappa shape index (κ2) is 12.8. The zero-order valence-electron chi connectivity index (χ0n) is 27.6. The SMILES string of the molecule is C(=C\c1ccc(-c2c3ccccc3c(-c3ccc(-c4ccccc4)cc3)c3ccccc23)cc1)/c1ccc(-c2ccc3ccccc3c2)cc1. The molecule has 0 bridgehead atoms. The van der Waals surface area contributed by atoms with Crippen LogP contribution in [-0.2, 0) is 0 Å². The van der Waals surface area contributed by atoms with Crippen LogP contribution in [0.4, 0.5) is 0 Å². The van der Waals surface area contributed by atoms with Gasteiger partial charge in [-0.05, 0) is 94.0 Å². The summed E-state index contributed by atoms with van der Waals surface area (Å²) < 4.78 is 0. The van der Waals surface area contributed by atoms with Crippen molar-refractivity contribution in [2.24, 2.45) is 0 Å². The van der Waals surface area contributed by atoms with Crippen molar-refractivity contribution in [3.05, 3.63) is 205 Å². The van der Waals surface area contributed by atoms with Crippen LogP contribution in [0.25, 0.3) is 89.0 Å². The molecule has 0 saturated heterocycles. The van der Waals surface area contributed by atoms with E-state index in [1.165, 1.54) is 88.0 Å². The summed E-state index contributed by atoms with van der Waals surface area (Å²) in [6.07, 6.45) is 4.40. The van der Waals surface area contributed by atoms with Gasteiger partial charge < -0.3 is 0 Å². The molecule has 0 heterocycles. The highest BCUT2D eigenvalue weighted by molar-refractivity contribution is 6.21. The summed E-state index contributed by atoms with van der Waals surface area (Å²) in [5, 5.41) is 7.61. The molecule has 0 heteroatoms. The summed E-state index contributed by atoms with van der Waals surface area (Å²) in [5.41, 5.74) is 12.3. The largest absolute Gasteiger partial charge is 0.0622 e. The van der Waals surface area contributed by atoms with E-state index in [0.717, 1.165) is 0 Å². The third-order valence-electron chi connectivity index (χ3n) is 9.87. The van der Waals surface area contributed by atoms with E-state index in [2.05, 4.69) is 206 Å². The Hall–Kier alpha value is -6.50. The monoisotopic (exact) mass is 634 g/mol. The Morgan fingerprint density at radius 3 is 1.14 bits per heavy atom. The standard InChI is InChI=1S/C50H34/c1-2-10-37(11-3-1)39-28-31-42(32-29-39)50-47-16-8-6-14-45(47)49(46-15-7-9-17-48(46)50)41-26-22-36(23-27-41)19-18-35-20-24-40(25-21-35)44-33-30-38-12-4-5-13-43(38)34-44/h1-34H/b19-18+. The van der Waals surface area contributed by atoms with Crippen molar-refractivity contribution in [3.8, 4) is 44.5 Å². The summed E-state index contributed by atoms with van der Waals surface area (Å²) in [6, 6.07) is 70.4. The first-order valence-electron chi connectivity index (χ1n) is 17.3. The van der Waals surface area contributed by atoms with Crippen LogP contribution in [0.1, 0.15) is 11.1 Å². The molecule has 0 aliphatic carbocycles. The van der Waals surface area contributed by atoms with Gasteiger partial charge in [-0.3, -0.25) is 0 Å². The van der Waals surface area contributed by atoms with Gasteiger partial charge in [0, 0.05) is 0 Å². The summed E-state index contributed by atoms with van der Waals surface area (Å²) in [4.78, 5) is 0. The molecule has 0 aliphatic rings. The zero-order chi connectivity index (χ0) is 33.3. The van der Waals surface area contributed by atoms with Crippen molar-refractivity contribution in [2.75, 3.05) is 0 Å². The van der Waals surface area contributed by atoms with E-state index in [4.69, 9.17) is 0 Å². The van der Waals surface area contributed by atoms with Crippen molar-refractivity contribution in [1.29, 1.82) is 0 Å². The Bertz CT molecular complexity index is 2590. The van der Waals surface area contributed by atoms with Gasteiger partial charge in [0.15, 0.2) is 0 Å². The summed E-state index contributed by atoms with van der Waals surface area (Å²) in [6.45, 7) is 0. The van der Waals surface area contributed by atoms with Gasteiger partial charge in [0.2, 0.25) is 0 Å². The van der Waals surface area contributed by atoms with Crippen molar-refractivity contribution < 1.29 is 0 Å². The summed E-state index contributed by atoms with van der Waals surface area (Å²) in [7, 11) is 0. The molecule has 0 saturated carbocycles. The second-order valence-corrected chi connectivity index (χ2v) is 12.9. The minimum Gasteiger partial charge on any atom is -0.0622 e. The molecular formula is C50H34. The fourth-order valence-electron chi connectivity index (χ4n) is 7.32. The van der Waals surface area contributed by atoms with Gasteiger partial charge in [-0.1, -0.05) is 200 Å². The van der Waals surface area contributed by atoms with Crippen LogP contribution in [0.5, 0.6) is 0 Å². The lowest BCUT2D eigenvalue weighted by Crippen LogP contribution is -1.91. The van der Waals surface area contributed by atoms with E-state index < -0.39 is 0 Å². The normalized spacial score (nSPS) is 11.5. The molecule has 0 atom stereocenters. The van der Waals surface area contributed by atoms with Crippen molar-refractivity contribution >= 4 is 44.5 Å². The fraction of sp³-hybridized carbons (Fsp3) is 0. The van der Waals surface area contributed by atoms with Gasteiger partial charge in [-0.25, -0.2) is 0 Å². The van der Waals surface area contributed by atoms with Crippen LogP contribution in [-0.4, -0.2) is 0 Å². The first-order chi connectivity index (χ1) is 24.8. The topological polar surface area (TPSA) is 0 Å². The predicted molar refractivity (Wildman–Crippen MR) is 216 cm³/mol. The highest BCUT2D eigenvalue weighted by Gasteiger charge is 2.16. The van der Waals surface area contributed by atoms with Crippen LogP contribution in [0.3, 0.4) is 0 Å². The summed E-state index contributed by atoms with van der Waals surface area (Å²) in [5.74, 6) is 0. The molecule has 0 fully saturated rings. The maximum Gasteiger partial charge on any atom is -0.00264 e. The Morgan fingerprint density at radius 1 is 0.240 bits per heavy atom. The van der Waals surface area contributed by atoms with Gasteiger partial charge in [-0.2, -0.15) is 0 Å². The van der Waals surface area contributed by atoms with Gasteiger partial charge in [0.1, 0.15) is 0 Å². The van der Waals surface area contributed by atoms with E-state index in [1.807, 2.05) is 0 Å². The average molecular weight is 635 g/mol. The molecule has 0 spiro atoms. The molecule has 9 aromatic carbocycles. The van der Waals surface area contributed by atoms with Crippen LogP contribution in [0.2, 0.25) is 0 Å². The van der Waals surface area contributed by atoms with Crippen LogP contribution >= 0.6 is 0 Å². The third kappa shape index (κ3) is 5.57. The second-order valence-electron chi connectivity index (χ2n) is 12.9. The molecule has 9 aromatic rings. The molecule has 0 amide bonds. The number of benzene rings is 9. The van der Waals surface area contributed by atoms with Crippen molar-refractivity contribution in [2.45, 2.75) is 0 Å². The number of fused-ring (bicyclic) bond motifs is 3. The van der Waals surface area contributed by atoms with Gasteiger partial charge in [0.25, 0.3) is 0 Å². The van der Waals surface area contributed by atoms with Crippen molar-refractivity contribution in [3.63, 3.8) is 0 Å². The molecule has 0 radical (unpaired) electrons. The number of rotatable bonds is 6. The lowest BCUT2D eigenvalue weighted by molar-refractivity contribution is 1.61. The first kappa shape index (κ1) is 29.6. The van der Waals surface area contributed by atoms with Gasteiger partial charge in [-0.15, -0.1) is 0 Å². The average Bonchev–Trinajstić information content (AvgIpc) is 3.20. The van der Waals surface area contributed by atoms with Crippen LogP contribution < -0.4 is 0 Å². The fourth-order valence-corrected chi connectivity index (χ4v) is 7.32. The van der Waals surface area contributed by atoms with E-state index in [0.29, 0.717) is 0 Å². The maximum absolute atomic E-state index is 2.27. The lowest BCUT2D eigenvalue weighted by Gasteiger charge is -2.18. The van der Waals surface area contributed by atoms with E-state index in [9.17, 15) is 0 Å². The van der Waals surface area contributed by atoms with Gasteiger partial charge in [0.05, 0.1) is 0 Å². The Morgan fingerprint density at radius 2 is 0.600 bits per heavy atom. The predicted octanol–water partition coefficient (Wildman–Crippen LogP) is 14.0.